The van der Waals surface area contributed by atoms with Crippen LogP contribution in [0.3, 0.4) is 0 Å². The van der Waals surface area contributed by atoms with Crippen LogP contribution in [0.2, 0.25) is 0 Å². The van der Waals surface area contributed by atoms with Gasteiger partial charge in [-0.2, -0.15) is 0 Å². The van der Waals surface area contributed by atoms with Crippen molar-refractivity contribution in [2.24, 2.45) is 0 Å². The number of rotatable bonds is 2. The van der Waals surface area contributed by atoms with Crippen molar-refractivity contribution >= 4 is 10.8 Å². The Morgan fingerprint density at radius 3 is 2.29 bits per heavy atom. The fraction of sp³-hybridized carbons (Fsp3) is 0. The molecule has 2 aromatic rings. The summed E-state index contributed by atoms with van der Waals surface area (Å²) in [7, 11) is -1.11. The van der Waals surface area contributed by atoms with Crippen LogP contribution in [0.5, 0.6) is 0 Å². The van der Waals surface area contributed by atoms with Gasteiger partial charge < -0.3 is 0 Å². The zero-order valence-electron chi connectivity index (χ0n) is 7.46. The van der Waals surface area contributed by atoms with Crippen molar-refractivity contribution < 1.29 is 4.21 Å². The van der Waals surface area contributed by atoms with Gasteiger partial charge in [0.15, 0.2) is 0 Å². The average molecular weight is 203 g/mol. The minimum atomic E-state index is -1.11. The highest BCUT2D eigenvalue weighted by Gasteiger charge is 2.04. The molecule has 1 atom stereocenters. The second-order valence-corrected chi connectivity index (χ2v) is 4.25. The Morgan fingerprint density at radius 2 is 1.64 bits per heavy atom. The zero-order valence-corrected chi connectivity index (χ0v) is 8.28. The second kappa shape index (κ2) is 4.15. The van der Waals surface area contributed by atoms with E-state index in [1.807, 2.05) is 36.4 Å². The highest BCUT2D eigenvalue weighted by molar-refractivity contribution is 7.85. The molecule has 0 amide bonds. The van der Waals surface area contributed by atoms with Crippen LogP contribution >= 0.6 is 0 Å². The Morgan fingerprint density at radius 1 is 0.929 bits per heavy atom. The van der Waals surface area contributed by atoms with Crippen molar-refractivity contribution in [1.82, 2.24) is 4.98 Å². The molecule has 1 aromatic carbocycles. The monoisotopic (exact) mass is 203 g/mol. The number of nitrogens with zero attached hydrogens (tertiary/aromatic N) is 1. The molecule has 0 radical (unpaired) electrons. The van der Waals surface area contributed by atoms with Gasteiger partial charge in [-0.3, -0.25) is 4.98 Å². The summed E-state index contributed by atoms with van der Waals surface area (Å²) in [6.07, 6.45) is 3.30. The largest absolute Gasteiger partial charge is 0.263 e. The quantitative estimate of drug-likeness (QED) is 0.749. The molecule has 0 aliphatic rings. The summed E-state index contributed by atoms with van der Waals surface area (Å²) in [4.78, 5) is 5.48. The number of benzene rings is 1. The maximum atomic E-state index is 11.9. The van der Waals surface area contributed by atoms with Crippen molar-refractivity contribution in [2.75, 3.05) is 0 Å². The van der Waals surface area contributed by atoms with Gasteiger partial charge in [0, 0.05) is 17.3 Å². The van der Waals surface area contributed by atoms with Crippen molar-refractivity contribution in [3.8, 4) is 0 Å². The van der Waals surface area contributed by atoms with Gasteiger partial charge in [0.2, 0.25) is 0 Å². The molecule has 1 heterocycles. The average Bonchev–Trinajstić information content (AvgIpc) is 2.30. The normalized spacial score (nSPS) is 12.3. The first kappa shape index (κ1) is 9.09. The van der Waals surface area contributed by atoms with Crippen molar-refractivity contribution in [3.63, 3.8) is 0 Å². The fourth-order valence-corrected chi connectivity index (χ4v) is 2.17. The second-order valence-electron chi connectivity index (χ2n) is 2.77. The van der Waals surface area contributed by atoms with Crippen molar-refractivity contribution in [1.29, 1.82) is 0 Å². The summed E-state index contributed by atoms with van der Waals surface area (Å²) in [6, 6.07) is 13.0. The SMILES string of the molecule is O=S(c1ccccc1)c1cccnc1. The van der Waals surface area contributed by atoms with E-state index in [1.54, 1.807) is 18.5 Å². The Balaban J connectivity index is 2.35. The van der Waals surface area contributed by atoms with E-state index in [4.69, 9.17) is 0 Å². The third-order valence-electron chi connectivity index (χ3n) is 1.81. The summed E-state index contributed by atoms with van der Waals surface area (Å²) in [5.74, 6) is 0. The number of hydrogen-bond acceptors (Lipinski definition) is 2. The lowest BCUT2D eigenvalue weighted by atomic mass is 10.4. The van der Waals surface area contributed by atoms with Crippen LogP contribution in [-0.2, 0) is 10.8 Å². The van der Waals surface area contributed by atoms with Gasteiger partial charge in [-0.05, 0) is 24.3 Å². The third kappa shape index (κ3) is 1.88. The van der Waals surface area contributed by atoms with E-state index in [1.165, 1.54) is 0 Å². The lowest BCUT2D eigenvalue weighted by Gasteiger charge is -2.00. The lowest BCUT2D eigenvalue weighted by Crippen LogP contribution is -1.92. The Labute approximate surface area is 85.1 Å². The van der Waals surface area contributed by atoms with Gasteiger partial charge in [-0.25, -0.2) is 4.21 Å². The smallest absolute Gasteiger partial charge is 0.0865 e. The molecule has 0 bridgehead atoms. The summed E-state index contributed by atoms with van der Waals surface area (Å²) in [5, 5.41) is 0. The molecule has 14 heavy (non-hydrogen) atoms. The van der Waals surface area contributed by atoms with E-state index in [9.17, 15) is 4.21 Å². The Kier molecular flexibility index (Phi) is 2.70. The molecule has 0 aliphatic heterocycles. The molecule has 0 saturated heterocycles. The molecule has 2 nitrogen and oxygen atoms in total. The first-order chi connectivity index (χ1) is 6.88. The molecule has 3 heteroatoms. The maximum absolute atomic E-state index is 11.9. The van der Waals surface area contributed by atoms with Crippen LogP contribution in [-0.4, -0.2) is 9.19 Å². The van der Waals surface area contributed by atoms with Gasteiger partial charge in [-0.1, -0.05) is 18.2 Å². The van der Waals surface area contributed by atoms with E-state index >= 15 is 0 Å². The molecular formula is C11H9NOS. The van der Waals surface area contributed by atoms with Gasteiger partial charge in [0.25, 0.3) is 0 Å². The molecule has 1 aromatic heterocycles. The highest BCUT2D eigenvalue weighted by Crippen LogP contribution is 2.13. The Hall–Kier alpha value is -1.48. The molecular weight excluding hydrogens is 194 g/mol. The minimum absolute atomic E-state index is 0.735. The maximum Gasteiger partial charge on any atom is 0.0865 e. The Bertz CT molecular complexity index is 386. The predicted octanol–water partition coefficient (Wildman–Crippen LogP) is 2.25. The van der Waals surface area contributed by atoms with E-state index in [2.05, 4.69) is 4.98 Å². The molecule has 0 saturated carbocycles. The molecule has 70 valence electrons. The van der Waals surface area contributed by atoms with Crippen LogP contribution in [0.15, 0.2) is 64.6 Å². The van der Waals surface area contributed by atoms with E-state index in [0.29, 0.717) is 0 Å². The number of hydrogen-bond donors (Lipinski definition) is 0. The van der Waals surface area contributed by atoms with E-state index in [-0.39, 0.29) is 0 Å². The van der Waals surface area contributed by atoms with Crippen LogP contribution < -0.4 is 0 Å². The minimum Gasteiger partial charge on any atom is -0.263 e. The summed E-state index contributed by atoms with van der Waals surface area (Å²) in [6.45, 7) is 0. The first-order valence-corrected chi connectivity index (χ1v) is 5.40. The standard InChI is InChI=1S/C11H9NOS/c13-14(10-5-2-1-3-6-10)11-7-4-8-12-9-11/h1-9H. The van der Waals surface area contributed by atoms with Gasteiger partial charge >= 0.3 is 0 Å². The molecule has 0 aliphatic carbocycles. The topological polar surface area (TPSA) is 30.0 Å². The molecule has 1 unspecified atom stereocenters. The third-order valence-corrected chi connectivity index (χ3v) is 3.18. The van der Waals surface area contributed by atoms with Crippen molar-refractivity contribution in [3.05, 3.63) is 54.9 Å². The van der Waals surface area contributed by atoms with E-state index < -0.39 is 10.8 Å². The fourth-order valence-electron chi connectivity index (χ4n) is 1.14. The van der Waals surface area contributed by atoms with Crippen LogP contribution in [0.4, 0.5) is 0 Å². The van der Waals surface area contributed by atoms with E-state index in [0.717, 1.165) is 9.79 Å². The summed E-state index contributed by atoms with van der Waals surface area (Å²) in [5.41, 5.74) is 0. The molecule has 0 fully saturated rings. The summed E-state index contributed by atoms with van der Waals surface area (Å²) < 4.78 is 11.9. The van der Waals surface area contributed by atoms with Crippen molar-refractivity contribution in [2.45, 2.75) is 9.79 Å². The van der Waals surface area contributed by atoms with Gasteiger partial charge in [0.1, 0.15) is 0 Å². The predicted molar refractivity (Wildman–Crippen MR) is 55.4 cm³/mol. The van der Waals surface area contributed by atoms with Crippen LogP contribution in [0.1, 0.15) is 0 Å². The zero-order chi connectivity index (χ0) is 9.80. The van der Waals surface area contributed by atoms with Crippen LogP contribution in [0, 0.1) is 0 Å². The molecule has 0 spiro atoms. The lowest BCUT2D eigenvalue weighted by molar-refractivity contribution is 0.683. The summed E-state index contributed by atoms with van der Waals surface area (Å²) >= 11 is 0. The van der Waals surface area contributed by atoms with Gasteiger partial charge in [0.05, 0.1) is 15.7 Å². The number of pyridine rings is 1. The van der Waals surface area contributed by atoms with Gasteiger partial charge in [-0.15, -0.1) is 0 Å². The highest BCUT2D eigenvalue weighted by atomic mass is 32.2. The van der Waals surface area contributed by atoms with Crippen LogP contribution in [0.25, 0.3) is 0 Å². The first-order valence-electron chi connectivity index (χ1n) is 4.25. The number of aromatic nitrogens is 1. The molecule has 0 N–H and O–H groups in total. The molecule has 2 rings (SSSR count).